The van der Waals surface area contributed by atoms with Crippen LogP contribution in [0.1, 0.15) is 37.3 Å². The van der Waals surface area contributed by atoms with Gasteiger partial charge in [-0.15, -0.1) is 0 Å². The maximum atomic E-state index is 12.6. The predicted octanol–water partition coefficient (Wildman–Crippen LogP) is 4.10. The number of nitrogens with one attached hydrogen (secondary N) is 1. The zero-order valence-electron chi connectivity index (χ0n) is 18.4. The van der Waals surface area contributed by atoms with Crippen LogP contribution in [0.5, 0.6) is 0 Å². The van der Waals surface area contributed by atoms with E-state index in [4.69, 9.17) is 0 Å². The van der Waals surface area contributed by atoms with E-state index in [1.165, 1.54) is 42.4 Å². The van der Waals surface area contributed by atoms with Crippen molar-refractivity contribution in [1.82, 2.24) is 19.8 Å². The average Bonchev–Trinajstić information content (AvgIpc) is 2.78. The minimum absolute atomic E-state index is 0.0855. The van der Waals surface area contributed by atoms with Crippen molar-refractivity contribution < 1.29 is 4.79 Å². The summed E-state index contributed by atoms with van der Waals surface area (Å²) in [7, 11) is 0. The van der Waals surface area contributed by atoms with Crippen LogP contribution in [0.25, 0.3) is 10.9 Å². The number of carbonyl (C=O) groups excluding carboxylic acids is 1. The second-order valence-corrected chi connectivity index (χ2v) is 9.65. The van der Waals surface area contributed by atoms with E-state index in [1.54, 1.807) is 12.1 Å². The van der Waals surface area contributed by atoms with Crippen molar-refractivity contribution in [1.29, 1.82) is 0 Å². The molecule has 0 spiro atoms. The van der Waals surface area contributed by atoms with Crippen LogP contribution in [0.2, 0.25) is 0 Å². The van der Waals surface area contributed by atoms with Gasteiger partial charge >= 0.3 is 0 Å². The molecule has 7 heteroatoms. The Kier molecular flexibility index (Phi) is 7.37. The summed E-state index contributed by atoms with van der Waals surface area (Å²) < 4.78 is 2.32. The Balaban J connectivity index is 1.26. The fourth-order valence-electron chi connectivity index (χ4n) is 4.25. The zero-order chi connectivity index (χ0) is 22.5. The van der Waals surface area contributed by atoms with Gasteiger partial charge < -0.3 is 5.32 Å². The van der Waals surface area contributed by atoms with Gasteiger partial charge in [0, 0.05) is 37.1 Å². The predicted molar refractivity (Wildman–Crippen MR) is 130 cm³/mol. The molecular weight excluding hydrogens is 468 g/mol. The number of halogens is 1. The molecule has 1 unspecified atom stereocenters. The Labute approximate surface area is 196 Å². The first-order valence-electron chi connectivity index (χ1n) is 11.2. The van der Waals surface area contributed by atoms with Gasteiger partial charge in [0.15, 0.2) is 0 Å². The second kappa shape index (κ2) is 10.4. The summed E-state index contributed by atoms with van der Waals surface area (Å²) in [5.74, 6) is 0.693. The number of hydrogen-bond acceptors (Lipinski definition) is 4. The topological polar surface area (TPSA) is 67.2 Å². The van der Waals surface area contributed by atoms with Crippen molar-refractivity contribution in [2.75, 3.05) is 13.1 Å². The van der Waals surface area contributed by atoms with Crippen molar-refractivity contribution in [2.45, 2.75) is 45.8 Å². The lowest BCUT2D eigenvalue weighted by Crippen LogP contribution is -2.33. The molecule has 1 N–H and O–H groups in total. The van der Waals surface area contributed by atoms with Crippen molar-refractivity contribution in [3.63, 3.8) is 0 Å². The number of hydrogen-bond donors (Lipinski definition) is 1. The molecule has 1 aliphatic heterocycles. The van der Waals surface area contributed by atoms with Gasteiger partial charge in [-0.2, -0.15) is 0 Å². The Bertz CT molecular complexity index is 1140. The molecule has 1 amide bonds. The molecule has 32 heavy (non-hydrogen) atoms. The standard InChI is InChI=1S/C25H29BrN4O2/c1-18-3-2-11-29(15-18)16-20-6-4-19(5-7-20)14-27-24(31)10-12-30-17-28-23-9-8-21(26)13-22(23)25(30)32/h4-9,13,17-18H,2-3,10-12,14-16H2,1H3,(H,27,31). The highest BCUT2D eigenvalue weighted by Gasteiger charge is 2.16. The Morgan fingerprint density at radius 2 is 1.97 bits per heavy atom. The van der Waals surface area contributed by atoms with E-state index < -0.39 is 0 Å². The average molecular weight is 497 g/mol. The summed E-state index contributed by atoms with van der Waals surface area (Å²) in [4.78, 5) is 31.8. The van der Waals surface area contributed by atoms with E-state index >= 15 is 0 Å². The summed E-state index contributed by atoms with van der Waals surface area (Å²) in [5.41, 5.74) is 2.90. The van der Waals surface area contributed by atoms with Gasteiger partial charge in [-0.1, -0.05) is 47.1 Å². The molecule has 6 nitrogen and oxygen atoms in total. The van der Waals surface area contributed by atoms with Gasteiger partial charge in [-0.05, 0) is 54.6 Å². The summed E-state index contributed by atoms with van der Waals surface area (Å²) in [6, 6.07) is 13.9. The van der Waals surface area contributed by atoms with E-state index in [1.807, 2.05) is 6.07 Å². The number of likely N-dealkylation sites (tertiary alicyclic amines) is 1. The number of aromatic nitrogens is 2. The number of piperidine rings is 1. The molecule has 1 fully saturated rings. The highest BCUT2D eigenvalue weighted by molar-refractivity contribution is 9.10. The highest BCUT2D eigenvalue weighted by atomic mass is 79.9. The third-order valence-corrected chi connectivity index (χ3v) is 6.52. The lowest BCUT2D eigenvalue weighted by molar-refractivity contribution is -0.121. The zero-order valence-corrected chi connectivity index (χ0v) is 20.0. The third kappa shape index (κ3) is 5.84. The quantitative estimate of drug-likeness (QED) is 0.534. The fourth-order valence-corrected chi connectivity index (χ4v) is 4.61. The lowest BCUT2D eigenvalue weighted by atomic mass is 9.99. The molecule has 1 aromatic heterocycles. The molecule has 0 aliphatic carbocycles. The van der Waals surface area contributed by atoms with Crippen LogP contribution < -0.4 is 10.9 Å². The third-order valence-electron chi connectivity index (χ3n) is 6.03. The monoisotopic (exact) mass is 496 g/mol. The largest absolute Gasteiger partial charge is 0.352 e. The van der Waals surface area contributed by atoms with Gasteiger partial charge in [0.1, 0.15) is 0 Å². The molecule has 0 saturated carbocycles. The summed E-state index contributed by atoms with van der Waals surface area (Å²) in [6.45, 7) is 6.44. The molecule has 1 saturated heterocycles. The molecule has 168 valence electrons. The van der Waals surface area contributed by atoms with E-state index in [9.17, 15) is 9.59 Å². The van der Waals surface area contributed by atoms with Crippen LogP contribution >= 0.6 is 15.9 Å². The van der Waals surface area contributed by atoms with E-state index in [0.29, 0.717) is 24.0 Å². The molecular formula is C25H29BrN4O2. The molecule has 0 radical (unpaired) electrons. The number of rotatable bonds is 7. The van der Waals surface area contributed by atoms with Crippen molar-refractivity contribution in [3.8, 4) is 0 Å². The van der Waals surface area contributed by atoms with Crippen molar-refractivity contribution >= 4 is 32.7 Å². The number of carbonyl (C=O) groups is 1. The van der Waals surface area contributed by atoms with Crippen LogP contribution in [-0.4, -0.2) is 33.4 Å². The van der Waals surface area contributed by atoms with Crippen LogP contribution in [0.15, 0.2) is 58.1 Å². The van der Waals surface area contributed by atoms with Gasteiger partial charge in [-0.3, -0.25) is 19.1 Å². The number of amides is 1. The van der Waals surface area contributed by atoms with Crippen molar-refractivity contribution in [2.24, 2.45) is 5.92 Å². The minimum atomic E-state index is -0.136. The highest BCUT2D eigenvalue weighted by Crippen LogP contribution is 2.18. The molecule has 3 aromatic rings. The first-order chi connectivity index (χ1) is 15.5. The number of nitrogens with zero attached hydrogens (tertiary/aromatic N) is 3. The van der Waals surface area contributed by atoms with Crippen LogP contribution in [0.4, 0.5) is 0 Å². The van der Waals surface area contributed by atoms with Gasteiger partial charge in [0.05, 0.1) is 17.2 Å². The Hall–Kier alpha value is -2.51. The molecule has 4 rings (SSSR count). The molecule has 1 aliphatic rings. The number of fused-ring (bicyclic) bond motifs is 1. The normalized spacial score (nSPS) is 16.9. The van der Waals surface area contributed by atoms with Crippen LogP contribution in [-0.2, 0) is 24.4 Å². The second-order valence-electron chi connectivity index (χ2n) is 8.73. The lowest BCUT2D eigenvalue weighted by Gasteiger charge is -2.30. The fraction of sp³-hybridized carbons (Fsp3) is 0.400. The molecule has 0 bridgehead atoms. The first-order valence-corrected chi connectivity index (χ1v) is 12.0. The van der Waals surface area contributed by atoms with Gasteiger partial charge in [-0.25, -0.2) is 4.98 Å². The molecule has 1 atom stereocenters. The summed E-state index contributed by atoms with van der Waals surface area (Å²) >= 11 is 3.39. The number of aryl methyl sites for hydroxylation is 1. The summed E-state index contributed by atoms with van der Waals surface area (Å²) in [6.07, 6.45) is 4.35. The molecule has 2 aromatic carbocycles. The smallest absolute Gasteiger partial charge is 0.261 e. The SMILES string of the molecule is CC1CCCN(Cc2ccc(CNC(=O)CCn3cnc4ccc(Br)cc4c3=O)cc2)C1. The number of benzene rings is 2. The van der Waals surface area contributed by atoms with Gasteiger partial charge in [0.25, 0.3) is 5.56 Å². The van der Waals surface area contributed by atoms with E-state index in [0.717, 1.165) is 22.5 Å². The van der Waals surface area contributed by atoms with E-state index in [-0.39, 0.29) is 17.9 Å². The van der Waals surface area contributed by atoms with Crippen LogP contribution in [0.3, 0.4) is 0 Å². The maximum Gasteiger partial charge on any atom is 0.261 e. The Morgan fingerprint density at radius 1 is 1.19 bits per heavy atom. The Morgan fingerprint density at radius 3 is 2.75 bits per heavy atom. The maximum absolute atomic E-state index is 12.6. The molecule has 2 heterocycles. The van der Waals surface area contributed by atoms with E-state index in [2.05, 4.69) is 62.3 Å². The first kappa shape index (κ1) is 22.7. The minimum Gasteiger partial charge on any atom is -0.352 e. The summed E-state index contributed by atoms with van der Waals surface area (Å²) in [5, 5.41) is 3.49. The van der Waals surface area contributed by atoms with Crippen LogP contribution in [0, 0.1) is 5.92 Å². The van der Waals surface area contributed by atoms with Gasteiger partial charge in [0.2, 0.25) is 5.91 Å². The van der Waals surface area contributed by atoms with Crippen molar-refractivity contribution in [3.05, 3.63) is 74.7 Å².